The average molecular weight is 218 g/mol. The van der Waals surface area contributed by atoms with Crippen LogP contribution in [0.2, 0.25) is 0 Å². The highest BCUT2D eigenvalue weighted by Crippen LogP contribution is 2.28. The number of Topliss-reactive ketones (excluding diaryl/α,β-unsaturated/α-hetero) is 1. The highest BCUT2D eigenvalue weighted by molar-refractivity contribution is 6.09. The minimum Gasteiger partial charge on any atom is -0.475 e. The molecule has 1 aromatic carbocycles. The van der Waals surface area contributed by atoms with Crippen molar-refractivity contribution in [2.75, 3.05) is 0 Å². The van der Waals surface area contributed by atoms with Crippen molar-refractivity contribution >= 4 is 22.7 Å². The Morgan fingerprint density at radius 1 is 1.31 bits per heavy atom. The molecular weight excluding hydrogens is 208 g/mol. The van der Waals surface area contributed by atoms with Crippen LogP contribution in [0.3, 0.4) is 0 Å². The predicted molar refractivity (Wildman–Crippen MR) is 57.9 cm³/mol. The minimum atomic E-state index is -1.12. The molecule has 0 amide bonds. The summed E-state index contributed by atoms with van der Waals surface area (Å²) in [5, 5.41) is 9.51. The lowest BCUT2D eigenvalue weighted by Gasteiger charge is -1.97. The van der Waals surface area contributed by atoms with E-state index in [0.29, 0.717) is 22.1 Å². The monoisotopic (exact) mass is 218 g/mol. The summed E-state index contributed by atoms with van der Waals surface area (Å²) in [4.78, 5) is 22.3. The van der Waals surface area contributed by atoms with Gasteiger partial charge in [-0.15, -0.1) is 0 Å². The second-order valence-corrected chi connectivity index (χ2v) is 3.60. The van der Waals surface area contributed by atoms with Crippen LogP contribution >= 0.6 is 0 Å². The zero-order chi connectivity index (χ0) is 11.9. The number of carboxylic acid groups (broad SMARTS) is 1. The maximum Gasteiger partial charge on any atom is 0.372 e. The molecule has 4 heteroatoms. The number of rotatable bonds is 2. The molecular formula is C12H10O4. The third-order valence-electron chi connectivity index (χ3n) is 2.53. The summed E-state index contributed by atoms with van der Waals surface area (Å²) in [6.45, 7) is 3.09. The van der Waals surface area contributed by atoms with Gasteiger partial charge < -0.3 is 9.52 Å². The van der Waals surface area contributed by atoms with Crippen LogP contribution in [0.1, 0.15) is 33.4 Å². The highest BCUT2D eigenvalue weighted by atomic mass is 16.4. The first-order valence-electron chi connectivity index (χ1n) is 4.78. The minimum absolute atomic E-state index is 0.105. The second-order valence-electron chi connectivity index (χ2n) is 3.60. The van der Waals surface area contributed by atoms with Gasteiger partial charge in [0.05, 0.1) is 0 Å². The third kappa shape index (κ3) is 1.39. The molecule has 0 bridgehead atoms. The van der Waals surface area contributed by atoms with Gasteiger partial charge in [-0.05, 0) is 19.9 Å². The Labute approximate surface area is 91.5 Å². The SMILES string of the molecule is CC(=O)c1cccc2oc(C(=O)O)c(C)c12. The fourth-order valence-corrected chi connectivity index (χ4v) is 1.80. The summed E-state index contributed by atoms with van der Waals surface area (Å²) in [6, 6.07) is 4.99. The summed E-state index contributed by atoms with van der Waals surface area (Å²) >= 11 is 0. The fourth-order valence-electron chi connectivity index (χ4n) is 1.80. The lowest BCUT2D eigenvalue weighted by molar-refractivity contribution is 0.0663. The molecule has 0 fully saturated rings. The van der Waals surface area contributed by atoms with Crippen LogP contribution < -0.4 is 0 Å². The van der Waals surface area contributed by atoms with Crippen molar-refractivity contribution in [2.24, 2.45) is 0 Å². The third-order valence-corrected chi connectivity index (χ3v) is 2.53. The zero-order valence-corrected chi connectivity index (χ0v) is 8.90. The maximum absolute atomic E-state index is 11.4. The first-order chi connectivity index (χ1) is 7.52. The number of aryl methyl sites for hydroxylation is 1. The lowest BCUT2D eigenvalue weighted by atomic mass is 10.0. The van der Waals surface area contributed by atoms with Crippen molar-refractivity contribution in [3.63, 3.8) is 0 Å². The van der Waals surface area contributed by atoms with Crippen molar-refractivity contribution in [3.05, 3.63) is 35.1 Å². The van der Waals surface area contributed by atoms with E-state index in [2.05, 4.69) is 0 Å². The van der Waals surface area contributed by atoms with Crippen LogP contribution in [0.4, 0.5) is 0 Å². The normalized spacial score (nSPS) is 10.6. The number of fused-ring (bicyclic) bond motifs is 1. The van der Waals surface area contributed by atoms with Gasteiger partial charge in [0.15, 0.2) is 5.78 Å². The Hall–Kier alpha value is -2.10. The van der Waals surface area contributed by atoms with E-state index >= 15 is 0 Å². The summed E-state index contributed by atoms with van der Waals surface area (Å²) < 4.78 is 5.20. The Morgan fingerprint density at radius 3 is 2.56 bits per heavy atom. The molecule has 0 saturated carbocycles. The van der Waals surface area contributed by atoms with Crippen molar-refractivity contribution in [2.45, 2.75) is 13.8 Å². The van der Waals surface area contributed by atoms with Gasteiger partial charge in [-0.3, -0.25) is 4.79 Å². The number of carbonyl (C=O) groups excluding carboxylic acids is 1. The zero-order valence-electron chi connectivity index (χ0n) is 8.90. The number of hydrogen-bond donors (Lipinski definition) is 1. The second kappa shape index (κ2) is 3.48. The van der Waals surface area contributed by atoms with Crippen LogP contribution in [0.25, 0.3) is 11.0 Å². The van der Waals surface area contributed by atoms with E-state index in [1.54, 1.807) is 25.1 Å². The largest absolute Gasteiger partial charge is 0.475 e. The Kier molecular flexibility index (Phi) is 2.27. The molecule has 1 N–H and O–H groups in total. The molecule has 0 aliphatic rings. The molecule has 0 unspecified atom stereocenters. The van der Waals surface area contributed by atoms with Crippen LogP contribution in [0.15, 0.2) is 22.6 Å². The van der Waals surface area contributed by atoms with Crippen molar-refractivity contribution < 1.29 is 19.1 Å². The predicted octanol–water partition coefficient (Wildman–Crippen LogP) is 2.64. The molecule has 0 spiro atoms. The molecule has 0 aliphatic carbocycles. The molecule has 4 nitrogen and oxygen atoms in total. The van der Waals surface area contributed by atoms with Gasteiger partial charge in [0.25, 0.3) is 0 Å². The standard InChI is InChI=1S/C12H10O4/c1-6-10-8(7(2)13)4-3-5-9(10)16-11(6)12(14)15/h3-5H,1-2H3,(H,14,15). The number of carboxylic acids is 1. The summed E-state index contributed by atoms with van der Waals surface area (Å²) in [5.41, 5.74) is 1.42. The molecule has 1 heterocycles. The number of benzene rings is 1. The smallest absolute Gasteiger partial charge is 0.372 e. The molecule has 16 heavy (non-hydrogen) atoms. The van der Waals surface area contributed by atoms with Gasteiger partial charge in [0.1, 0.15) is 5.58 Å². The molecule has 1 aromatic heterocycles. The van der Waals surface area contributed by atoms with E-state index in [0.717, 1.165) is 0 Å². The van der Waals surface area contributed by atoms with Gasteiger partial charge in [0.2, 0.25) is 5.76 Å². The van der Waals surface area contributed by atoms with Crippen LogP contribution in [0, 0.1) is 6.92 Å². The molecule has 0 aliphatic heterocycles. The number of carbonyl (C=O) groups is 2. The first-order valence-corrected chi connectivity index (χ1v) is 4.78. The van der Waals surface area contributed by atoms with Crippen LogP contribution in [-0.4, -0.2) is 16.9 Å². The van der Waals surface area contributed by atoms with Gasteiger partial charge in [-0.25, -0.2) is 4.79 Å². The van der Waals surface area contributed by atoms with E-state index in [1.807, 2.05) is 0 Å². The summed E-state index contributed by atoms with van der Waals surface area (Å²) in [7, 11) is 0. The van der Waals surface area contributed by atoms with Crippen LogP contribution in [0.5, 0.6) is 0 Å². The van der Waals surface area contributed by atoms with Gasteiger partial charge >= 0.3 is 5.97 Å². The average Bonchev–Trinajstić information content (AvgIpc) is 2.56. The molecule has 82 valence electrons. The molecule has 0 atom stereocenters. The first kappa shape index (κ1) is 10.4. The number of furan rings is 1. The molecule has 2 rings (SSSR count). The topological polar surface area (TPSA) is 67.5 Å². The van der Waals surface area contributed by atoms with E-state index in [4.69, 9.17) is 9.52 Å². The lowest BCUT2D eigenvalue weighted by Crippen LogP contribution is -1.97. The molecule has 2 aromatic rings. The molecule has 0 radical (unpaired) electrons. The molecule has 0 saturated heterocycles. The number of hydrogen-bond acceptors (Lipinski definition) is 3. The van der Waals surface area contributed by atoms with Crippen molar-refractivity contribution in [1.29, 1.82) is 0 Å². The van der Waals surface area contributed by atoms with E-state index in [9.17, 15) is 9.59 Å². The van der Waals surface area contributed by atoms with Gasteiger partial charge in [-0.2, -0.15) is 0 Å². The Balaban J connectivity index is 2.87. The van der Waals surface area contributed by atoms with Gasteiger partial charge in [-0.1, -0.05) is 12.1 Å². The van der Waals surface area contributed by atoms with Crippen molar-refractivity contribution in [3.8, 4) is 0 Å². The number of ketones is 1. The van der Waals surface area contributed by atoms with E-state index < -0.39 is 5.97 Å². The Morgan fingerprint density at radius 2 is 2.00 bits per heavy atom. The van der Waals surface area contributed by atoms with Crippen LogP contribution in [-0.2, 0) is 0 Å². The highest BCUT2D eigenvalue weighted by Gasteiger charge is 2.19. The summed E-state index contributed by atoms with van der Waals surface area (Å²) in [6.07, 6.45) is 0. The van der Waals surface area contributed by atoms with Gasteiger partial charge in [0, 0.05) is 16.5 Å². The Bertz CT molecular complexity index is 592. The number of aromatic carboxylic acids is 1. The van der Waals surface area contributed by atoms with Crippen molar-refractivity contribution in [1.82, 2.24) is 0 Å². The maximum atomic E-state index is 11.4. The quantitative estimate of drug-likeness (QED) is 0.787. The fraction of sp³-hybridized carbons (Fsp3) is 0.167. The van der Waals surface area contributed by atoms with E-state index in [1.165, 1.54) is 6.92 Å². The van der Waals surface area contributed by atoms with E-state index in [-0.39, 0.29) is 11.5 Å². The summed E-state index contributed by atoms with van der Waals surface area (Å²) in [5.74, 6) is -1.33.